The summed E-state index contributed by atoms with van der Waals surface area (Å²) in [5.74, 6) is -0.00791. The Morgan fingerprint density at radius 3 is 2.86 bits per heavy atom. The molecule has 1 amide bonds. The summed E-state index contributed by atoms with van der Waals surface area (Å²) in [6, 6.07) is 3.54. The maximum absolute atomic E-state index is 11.8. The second kappa shape index (κ2) is 6.87. The van der Waals surface area contributed by atoms with Gasteiger partial charge in [-0.2, -0.15) is 5.10 Å². The van der Waals surface area contributed by atoms with Gasteiger partial charge in [-0.25, -0.2) is 4.98 Å². The summed E-state index contributed by atoms with van der Waals surface area (Å²) >= 11 is 7.58. The lowest BCUT2D eigenvalue weighted by atomic mass is 10.2. The summed E-state index contributed by atoms with van der Waals surface area (Å²) in [4.78, 5) is 16.2. The Morgan fingerprint density at radius 2 is 2.19 bits per heavy atom. The Morgan fingerprint density at radius 1 is 1.43 bits per heavy atom. The molecule has 7 heteroatoms. The van der Waals surface area contributed by atoms with Crippen LogP contribution in [0.3, 0.4) is 0 Å². The lowest BCUT2D eigenvalue weighted by Crippen LogP contribution is -2.10. The van der Waals surface area contributed by atoms with Crippen molar-refractivity contribution in [2.24, 2.45) is 5.10 Å². The molecule has 0 saturated carbocycles. The van der Waals surface area contributed by atoms with Crippen molar-refractivity contribution >= 4 is 55.6 Å². The predicted molar refractivity (Wildman–Crippen MR) is 90.6 cm³/mol. The minimum absolute atomic E-state index is 0.00791. The molecule has 0 spiro atoms. The summed E-state index contributed by atoms with van der Waals surface area (Å²) < 4.78 is 0.846. The average Bonchev–Trinajstić information content (AvgIpc) is 2.85. The van der Waals surface area contributed by atoms with E-state index in [-0.39, 0.29) is 5.91 Å². The molecule has 0 aliphatic carbocycles. The average molecular weight is 325 g/mol. The van der Waals surface area contributed by atoms with Gasteiger partial charge in [0.05, 0.1) is 15.4 Å². The maximum Gasteiger partial charge on any atom is 0.224 e. The van der Waals surface area contributed by atoms with E-state index in [0.29, 0.717) is 22.1 Å². The molecule has 0 unspecified atom stereocenters. The number of hydrazone groups is 1. The summed E-state index contributed by atoms with van der Waals surface area (Å²) in [5, 5.41) is 8.22. The van der Waals surface area contributed by atoms with Crippen LogP contribution in [-0.2, 0) is 4.79 Å². The zero-order valence-corrected chi connectivity index (χ0v) is 13.7. The molecule has 1 heterocycles. The van der Waals surface area contributed by atoms with Gasteiger partial charge >= 0.3 is 0 Å². The van der Waals surface area contributed by atoms with Crippen LogP contribution in [0.5, 0.6) is 0 Å². The molecule has 0 radical (unpaired) electrons. The predicted octanol–water partition coefficient (Wildman–Crippen LogP) is 4.50. The van der Waals surface area contributed by atoms with Crippen LogP contribution in [0.15, 0.2) is 17.2 Å². The summed E-state index contributed by atoms with van der Waals surface area (Å²) in [6.07, 6.45) is 1.30. The molecular formula is C14H17ClN4OS. The van der Waals surface area contributed by atoms with Crippen molar-refractivity contribution in [3.8, 4) is 0 Å². The molecule has 1 aromatic carbocycles. The van der Waals surface area contributed by atoms with Gasteiger partial charge in [0.15, 0.2) is 0 Å². The lowest BCUT2D eigenvalue weighted by molar-refractivity contribution is -0.116. The molecule has 2 rings (SSSR count). The largest absolute Gasteiger partial charge is 0.325 e. The van der Waals surface area contributed by atoms with Crippen LogP contribution in [0.4, 0.5) is 10.8 Å². The number of hydrogen-bond donors (Lipinski definition) is 2. The zero-order chi connectivity index (χ0) is 15.4. The van der Waals surface area contributed by atoms with Crippen LogP contribution in [0.25, 0.3) is 10.2 Å². The minimum Gasteiger partial charge on any atom is -0.325 e. The van der Waals surface area contributed by atoms with Gasteiger partial charge in [0, 0.05) is 12.1 Å². The van der Waals surface area contributed by atoms with E-state index in [1.165, 1.54) is 11.3 Å². The van der Waals surface area contributed by atoms with Crippen LogP contribution < -0.4 is 10.7 Å². The highest BCUT2D eigenvalue weighted by atomic mass is 35.5. The van der Waals surface area contributed by atoms with Crippen LogP contribution in [0, 0.1) is 0 Å². The second-order valence-corrected chi connectivity index (χ2v) is 6.17. The van der Waals surface area contributed by atoms with E-state index < -0.39 is 0 Å². The number of amides is 1. The molecule has 2 aromatic rings. The molecule has 0 aliphatic rings. The quantitative estimate of drug-likeness (QED) is 0.628. The van der Waals surface area contributed by atoms with Crippen molar-refractivity contribution in [3.63, 3.8) is 0 Å². The summed E-state index contributed by atoms with van der Waals surface area (Å²) in [5.41, 5.74) is 5.19. The molecule has 1 aromatic heterocycles. The van der Waals surface area contributed by atoms with E-state index in [1.807, 2.05) is 20.8 Å². The summed E-state index contributed by atoms with van der Waals surface area (Å²) in [7, 11) is 0. The van der Waals surface area contributed by atoms with E-state index in [1.54, 1.807) is 12.1 Å². The van der Waals surface area contributed by atoms with Crippen molar-refractivity contribution in [3.05, 3.63) is 17.2 Å². The highest BCUT2D eigenvalue weighted by Crippen LogP contribution is 2.36. The first-order valence-electron chi connectivity index (χ1n) is 6.67. The Bertz CT molecular complexity index is 692. The first-order valence-corrected chi connectivity index (χ1v) is 7.86. The van der Waals surface area contributed by atoms with Crippen molar-refractivity contribution in [2.75, 3.05) is 10.7 Å². The third-order valence-corrected chi connectivity index (χ3v) is 3.92. The third kappa shape index (κ3) is 3.92. The minimum atomic E-state index is -0.00791. The van der Waals surface area contributed by atoms with Gasteiger partial charge in [0.2, 0.25) is 11.0 Å². The standard InChI is InChI=1S/C14H17ClN4OS/c1-4-5-11(20)16-10-7-6-9(15)12-13(10)21-14(17-12)19-18-8(2)3/h6-7H,4-5H2,1-3H3,(H,16,20)(H,17,19). The van der Waals surface area contributed by atoms with Crippen LogP contribution in [-0.4, -0.2) is 16.6 Å². The number of carbonyl (C=O) groups excluding carboxylic acids is 1. The van der Waals surface area contributed by atoms with E-state index >= 15 is 0 Å². The molecule has 0 atom stereocenters. The maximum atomic E-state index is 11.8. The first kappa shape index (κ1) is 15.7. The highest BCUT2D eigenvalue weighted by Gasteiger charge is 2.13. The van der Waals surface area contributed by atoms with Crippen molar-refractivity contribution < 1.29 is 4.79 Å². The van der Waals surface area contributed by atoms with Gasteiger partial charge < -0.3 is 5.32 Å². The Labute approximate surface area is 132 Å². The zero-order valence-electron chi connectivity index (χ0n) is 12.2. The monoisotopic (exact) mass is 324 g/mol. The molecular weight excluding hydrogens is 308 g/mol. The van der Waals surface area contributed by atoms with Crippen LogP contribution in [0.1, 0.15) is 33.6 Å². The second-order valence-electron chi connectivity index (χ2n) is 4.76. The van der Waals surface area contributed by atoms with Crippen molar-refractivity contribution in [1.82, 2.24) is 4.98 Å². The fraction of sp³-hybridized carbons (Fsp3) is 0.357. The van der Waals surface area contributed by atoms with Gasteiger partial charge in [-0.05, 0) is 32.4 Å². The van der Waals surface area contributed by atoms with Crippen LogP contribution in [0.2, 0.25) is 5.02 Å². The molecule has 5 nitrogen and oxygen atoms in total. The topological polar surface area (TPSA) is 66.4 Å². The molecule has 0 saturated heterocycles. The van der Waals surface area contributed by atoms with Crippen molar-refractivity contribution in [1.29, 1.82) is 0 Å². The number of nitrogens with zero attached hydrogens (tertiary/aromatic N) is 2. The SMILES string of the molecule is CCCC(=O)Nc1ccc(Cl)c2nc(NN=C(C)C)sc12. The number of halogens is 1. The number of benzene rings is 1. The Balaban J connectivity index is 2.36. The number of carbonyl (C=O) groups is 1. The molecule has 0 aliphatic heterocycles. The molecule has 2 N–H and O–H groups in total. The summed E-state index contributed by atoms with van der Waals surface area (Å²) in [6.45, 7) is 5.75. The fourth-order valence-corrected chi connectivity index (χ4v) is 2.88. The smallest absolute Gasteiger partial charge is 0.224 e. The van der Waals surface area contributed by atoms with E-state index in [2.05, 4.69) is 20.8 Å². The number of hydrogen-bond acceptors (Lipinski definition) is 5. The van der Waals surface area contributed by atoms with E-state index in [0.717, 1.165) is 22.5 Å². The molecule has 112 valence electrons. The molecule has 0 fully saturated rings. The highest BCUT2D eigenvalue weighted by molar-refractivity contribution is 7.22. The number of nitrogens with one attached hydrogen (secondary N) is 2. The van der Waals surface area contributed by atoms with Gasteiger partial charge in [-0.3, -0.25) is 10.2 Å². The number of anilines is 2. The Hall–Kier alpha value is -1.66. The van der Waals surface area contributed by atoms with Gasteiger partial charge in [0.25, 0.3) is 0 Å². The third-order valence-electron chi connectivity index (χ3n) is 2.62. The molecule has 21 heavy (non-hydrogen) atoms. The normalized spacial score (nSPS) is 10.5. The van der Waals surface area contributed by atoms with E-state index in [9.17, 15) is 4.79 Å². The number of aromatic nitrogens is 1. The Kier molecular flexibility index (Phi) is 5.14. The van der Waals surface area contributed by atoms with Crippen LogP contribution >= 0.6 is 22.9 Å². The number of thiazole rings is 1. The number of fused-ring (bicyclic) bond motifs is 1. The van der Waals surface area contributed by atoms with Gasteiger partial charge in [-0.15, -0.1) is 0 Å². The molecule has 0 bridgehead atoms. The van der Waals surface area contributed by atoms with Gasteiger partial charge in [-0.1, -0.05) is 29.9 Å². The van der Waals surface area contributed by atoms with Crippen molar-refractivity contribution in [2.45, 2.75) is 33.6 Å². The van der Waals surface area contributed by atoms with Gasteiger partial charge in [0.1, 0.15) is 5.52 Å². The fourth-order valence-electron chi connectivity index (χ4n) is 1.72. The first-order chi connectivity index (χ1) is 10.0. The lowest BCUT2D eigenvalue weighted by Gasteiger charge is -2.05. The van der Waals surface area contributed by atoms with E-state index in [4.69, 9.17) is 11.6 Å². The number of rotatable bonds is 5.